The van der Waals surface area contributed by atoms with E-state index in [2.05, 4.69) is 114 Å². The Morgan fingerprint density at radius 2 is 1.17 bits per heavy atom. The van der Waals surface area contributed by atoms with E-state index in [1.54, 1.807) is 12.3 Å². The van der Waals surface area contributed by atoms with Gasteiger partial charge in [0.05, 0.1) is 15.2 Å². The summed E-state index contributed by atoms with van der Waals surface area (Å²) in [5.74, 6) is 0.967. The highest BCUT2D eigenvalue weighted by molar-refractivity contribution is 6.94. The lowest BCUT2D eigenvalue weighted by molar-refractivity contribution is 0.275. The second-order valence-electron chi connectivity index (χ2n) is 13.4. The van der Waals surface area contributed by atoms with Crippen LogP contribution in [0.3, 0.4) is 0 Å². The Hall–Kier alpha value is -2.01. The lowest BCUT2D eigenvalue weighted by Gasteiger charge is -2.40. The molecular weight excluding hydrogens is 609 g/mol. The Labute approximate surface area is 284 Å². The number of ether oxygens (including phenoxy) is 1. The van der Waals surface area contributed by atoms with Gasteiger partial charge in [0.2, 0.25) is 0 Å². The largest absolute Gasteiger partial charge is 0.497 e. The van der Waals surface area contributed by atoms with Gasteiger partial charge < -0.3 is 14.3 Å². The number of methoxy groups -OCH3 is 1. The summed E-state index contributed by atoms with van der Waals surface area (Å²) in [5, 5.41) is 16.7. The minimum absolute atomic E-state index is 0.181. The lowest BCUT2D eigenvalue weighted by atomic mass is 10.3. The van der Waals surface area contributed by atoms with Crippen LogP contribution in [-0.4, -0.2) is 54.9 Å². The molecule has 1 aromatic carbocycles. The molecule has 0 atom stereocenters. The van der Waals surface area contributed by atoms with Crippen molar-refractivity contribution < 1.29 is 14.3 Å². The van der Waals surface area contributed by atoms with Gasteiger partial charge >= 0.3 is 0 Å². The van der Waals surface area contributed by atoms with Gasteiger partial charge in [-0.25, -0.2) is 0 Å². The van der Waals surface area contributed by atoms with E-state index in [9.17, 15) is 0 Å². The molecule has 0 heterocycles. The molecule has 0 radical (unpaired) electrons. The zero-order valence-corrected chi connectivity index (χ0v) is 33.5. The molecule has 0 amide bonds. The molecule has 0 saturated carbocycles. The van der Waals surface area contributed by atoms with Crippen LogP contribution in [0.1, 0.15) is 121 Å². The molecule has 0 aromatic heterocycles. The molecule has 0 fully saturated rings. The van der Waals surface area contributed by atoms with Crippen molar-refractivity contribution in [2.24, 2.45) is 10.2 Å². The van der Waals surface area contributed by atoms with Crippen LogP contribution in [0.15, 0.2) is 34.5 Å². The van der Waals surface area contributed by atoms with Gasteiger partial charge in [0.25, 0.3) is 0 Å². The second-order valence-corrected chi connectivity index (χ2v) is 23.9. The molecule has 9 nitrogen and oxygen atoms in total. The van der Waals surface area contributed by atoms with Crippen molar-refractivity contribution in [1.82, 2.24) is 0 Å². The number of hydrogen-bond acceptors (Lipinski definition) is 5. The molecule has 0 saturated heterocycles. The van der Waals surface area contributed by atoms with Crippen molar-refractivity contribution in [2.75, 3.05) is 33.4 Å². The summed E-state index contributed by atoms with van der Waals surface area (Å²) in [7, 11) is -1.34. The van der Waals surface area contributed by atoms with E-state index in [-0.39, 0.29) is 6.61 Å². The van der Waals surface area contributed by atoms with Crippen LogP contribution in [0.4, 0.5) is 0 Å². The maximum absolute atomic E-state index is 8.23. The van der Waals surface area contributed by atoms with E-state index in [0.29, 0.717) is 24.2 Å². The van der Waals surface area contributed by atoms with Crippen LogP contribution in [0, 0.1) is 0 Å². The summed E-state index contributed by atoms with van der Waals surface area (Å²) in [4.78, 5) is 5.32. The van der Waals surface area contributed by atoms with Gasteiger partial charge in [0.1, 0.15) is 5.75 Å². The third-order valence-electron chi connectivity index (χ3n) is 9.32. The summed E-state index contributed by atoms with van der Waals surface area (Å²) in [6.07, 6.45) is 8.60. The van der Waals surface area contributed by atoms with Gasteiger partial charge in [-0.05, 0) is 77.1 Å². The molecule has 0 aliphatic heterocycles. The molecule has 0 aliphatic rings. The van der Waals surface area contributed by atoms with Crippen LogP contribution in [0.5, 0.6) is 5.75 Å². The Bertz CT molecular complexity index is 948. The minimum atomic E-state index is -1.64. The molecule has 0 aliphatic carbocycles. The molecule has 1 N–H and O–H groups in total. The molecule has 46 heavy (non-hydrogen) atoms. The monoisotopic (exact) mass is 679 g/mol. The molecule has 11 heteroatoms. The number of benzene rings is 1. The normalized spacial score (nSPS) is 11.4. The van der Waals surface area contributed by atoms with Gasteiger partial charge in [0, 0.05) is 36.1 Å². The number of hydrogen-bond donors (Lipinski definition) is 1. The topological polar surface area (TPSA) is 136 Å². The highest BCUT2D eigenvalue weighted by atomic mass is 28.4. The summed E-state index contributed by atoms with van der Waals surface area (Å²) in [6.45, 7) is 25.6. The Kier molecular flexibility index (Phi) is 28.1. The molecule has 1 rings (SSSR count). The second kappa shape index (κ2) is 28.0. The fourth-order valence-electron chi connectivity index (χ4n) is 6.46. The average Bonchev–Trinajstić information content (AvgIpc) is 3.03. The Balaban J connectivity index is 0. The Morgan fingerprint density at radius 3 is 1.57 bits per heavy atom. The van der Waals surface area contributed by atoms with Crippen molar-refractivity contribution in [1.29, 1.82) is 0 Å². The first-order valence-electron chi connectivity index (χ1n) is 17.8. The number of rotatable bonds is 22. The first-order valence-corrected chi connectivity index (χ1v) is 22.5. The summed E-state index contributed by atoms with van der Waals surface area (Å²) < 4.78 is 11.7. The third kappa shape index (κ3) is 17.2. The van der Waals surface area contributed by atoms with E-state index >= 15 is 0 Å². The molecule has 0 spiro atoms. The van der Waals surface area contributed by atoms with E-state index in [1.807, 2.05) is 0 Å². The lowest BCUT2D eigenvalue weighted by Crippen LogP contribution is -2.52. The predicted molar refractivity (Wildman–Crippen MR) is 203 cm³/mol. The Morgan fingerprint density at radius 1 is 0.696 bits per heavy atom. The third-order valence-corrected chi connectivity index (χ3v) is 21.8. The molecule has 0 unspecified atom stereocenters. The van der Waals surface area contributed by atoms with Crippen molar-refractivity contribution >= 4 is 21.6 Å². The summed E-state index contributed by atoms with van der Waals surface area (Å²) in [6, 6.07) is 11.6. The fourth-order valence-corrected chi connectivity index (χ4v) is 17.0. The van der Waals surface area contributed by atoms with Crippen LogP contribution < -0.4 is 9.92 Å². The summed E-state index contributed by atoms with van der Waals surface area (Å²) >= 11 is 0. The number of unbranched alkanes of at least 4 members (excludes halogenated alkanes) is 4. The van der Waals surface area contributed by atoms with Crippen molar-refractivity contribution in [2.45, 2.75) is 155 Å². The van der Waals surface area contributed by atoms with Gasteiger partial charge in [-0.1, -0.05) is 129 Å². The predicted octanol–water partition coefficient (Wildman–Crippen LogP) is 11.7. The number of aliphatic hydroxyl groups excluding tert-OH is 1. The smallest absolute Gasteiger partial charge is 0.197 e. The number of aliphatic hydroxyl groups is 1. The zero-order chi connectivity index (χ0) is 35.4. The highest BCUT2D eigenvalue weighted by Gasteiger charge is 2.41. The zero-order valence-electron chi connectivity index (χ0n) is 31.5. The van der Waals surface area contributed by atoms with E-state index in [4.69, 9.17) is 25.3 Å². The minimum Gasteiger partial charge on any atom is -0.497 e. The van der Waals surface area contributed by atoms with Crippen LogP contribution in [-0.2, 0) is 4.43 Å². The van der Waals surface area contributed by atoms with Crippen LogP contribution in [0.25, 0.3) is 20.9 Å². The first-order chi connectivity index (χ1) is 21.9. The van der Waals surface area contributed by atoms with Gasteiger partial charge in [0.15, 0.2) is 8.32 Å². The van der Waals surface area contributed by atoms with E-state index in [0.717, 1.165) is 49.1 Å². The van der Waals surface area contributed by atoms with Gasteiger partial charge in [-0.2, -0.15) is 0 Å². The highest BCUT2D eigenvalue weighted by Crippen LogP contribution is 2.39. The van der Waals surface area contributed by atoms with Crippen LogP contribution in [0.2, 0.25) is 34.3 Å². The van der Waals surface area contributed by atoms with Gasteiger partial charge in [-0.15, -0.1) is 0 Å². The van der Waals surface area contributed by atoms with Crippen LogP contribution >= 0.6 is 0 Å². The quantitative estimate of drug-likeness (QED) is 0.0429. The van der Waals surface area contributed by atoms with E-state index < -0.39 is 16.4 Å². The molecule has 0 bridgehead atoms. The maximum atomic E-state index is 8.23. The van der Waals surface area contributed by atoms with E-state index in [1.165, 1.54) is 37.8 Å². The average molecular weight is 679 g/mol. The number of azide groups is 2. The molecular formula is C35H70N6O3Si2. The molecule has 1 aromatic rings. The molecule has 266 valence electrons. The maximum Gasteiger partial charge on any atom is 0.197 e. The van der Waals surface area contributed by atoms with Crippen molar-refractivity contribution in [3.05, 3.63) is 45.2 Å². The van der Waals surface area contributed by atoms with Crippen molar-refractivity contribution in [3.63, 3.8) is 0 Å². The summed E-state index contributed by atoms with van der Waals surface area (Å²) in [5.41, 5.74) is 18.9. The van der Waals surface area contributed by atoms with Crippen molar-refractivity contribution in [3.8, 4) is 5.75 Å². The number of nitrogens with zero attached hydrogens (tertiary/aromatic N) is 6. The van der Waals surface area contributed by atoms with Gasteiger partial charge in [-0.3, -0.25) is 0 Å². The SMILES string of the molecule is CCCC[Si](OCCCCN=[N+]=[N-])(C(C)C)C(C)C.CCCC[Si](c1ccc(OC)cc1)(C(C)C)C(C)C.[N-]=[N+]=NCCCCO. The fraction of sp³-hybridized carbons (Fsp3) is 0.829. The first kappa shape index (κ1) is 46.1. The standard InChI is InChI=1S/C17H30OSi.C14H31N3OSi.C4H9N3O/c1-7-8-13-19(14(2)3,15(4)5)17-11-9-16(18-6)10-12-17;1-6-7-12-19(13(2)3,14(4)5)18-11-9-8-10-16-17-15;5-7-6-3-1-2-4-8/h9-12,14-15H,7-8,13H2,1-6H3;13-14H,6-12H2,1-5H3;8H,1-4H2.